The van der Waals surface area contributed by atoms with Gasteiger partial charge in [-0.25, -0.2) is 0 Å². The van der Waals surface area contributed by atoms with E-state index in [-0.39, 0.29) is 11.5 Å². The van der Waals surface area contributed by atoms with Gasteiger partial charge in [0.1, 0.15) is 0 Å². The van der Waals surface area contributed by atoms with Gasteiger partial charge < -0.3 is 4.74 Å². The Morgan fingerprint density at radius 3 is 2.70 bits per heavy atom. The Kier molecular flexibility index (Phi) is 5.06. The van der Waals surface area contributed by atoms with E-state index in [1.54, 1.807) is 0 Å². The molecule has 0 aromatic heterocycles. The third-order valence-electron chi connectivity index (χ3n) is 4.04. The quantitative estimate of drug-likeness (QED) is 0.777. The van der Waals surface area contributed by atoms with Crippen molar-refractivity contribution >= 4 is 17.6 Å². The Bertz CT molecular complexity index is 471. The minimum Gasteiger partial charge on any atom is -0.466 e. The van der Waals surface area contributed by atoms with Crippen LogP contribution < -0.4 is 0 Å². The maximum atomic E-state index is 12.0. The van der Waals surface area contributed by atoms with Crippen LogP contribution in [0.25, 0.3) is 0 Å². The van der Waals surface area contributed by atoms with Gasteiger partial charge in [0, 0.05) is 5.02 Å². The van der Waals surface area contributed by atoms with Crippen LogP contribution in [0.2, 0.25) is 5.02 Å². The lowest BCUT2D eigenvalue weighted by atomic mass is 9.87. The number of hydrogen-bond donors (Lipinski definition) is 0. The summed E-state index contributed by atoms with van der Waals surface area (Å²) in [6.45, 7) is 6.40. The molecule has 0 amide bonds. The lowest BCUT2D eigenvalue weighted by Crippen LogP contribution is -2.44. The highest BCUT2D eigenvalue weighted by Gasteiger charge is 2.37. The molecule has 1 aliphatic rings. The molecule has 1 atom stereocenters. The average Bonchev–Trinajstić information content (AvgIpc) is 2.93. The molecule has 0 aliphatic carbocycles. The van der Waals surface area contributed by atoms with Gasteiger partial charge in [0.05, 0.1) is 18.6 Å². The van der Waals surface area contributed by atoms with Crippen molar-refractivity contribution in [2.75, 3.05) is 19.7 Å². The second-order valence-electron chi connectivity index (χ2n) is 5.46. The first-order valence-electron chi connectivity index (χ1n) is 7.23. The Morgan fingerprint density at radius 1 is 1.40 bits per heavy atom. The summed E-state index contributed by atoms with van der Waals surface area (Å²) in [5.41, 5.74) is 0.744. The van der Waals surface area contributed by atoms with Crippen LogP contribution in [0.15, 0.2) is 24.3 Å². The minimum absolute atomic E-state index is 0.151. The molecule has 3 nitrogen and oxygen atoms in total. The van der Waals surface area contributed by atoms with Gasteiger partial charge >= 0.3 is 5.97 Å². The zero-order chi connectivity index (χ0) is 14.6. The molecule has 4 heteroatoms. The number of nitrogens with zero attached hydrogens (tertiary/aromatic N) is 1. The van der Waals surface area contributed by atoms with Crippen LogP contribution in [-0.4, -0.2) is 30.6 Å². The van der Waals surface area contributed by atoms with Crippen LogP contribution in [0, 0.1) is 0 Å². The van der Waals surface area contributed by atoms with Crippen molar-refractivity contribution in [2.45, 2.75) is 38.6 Å². The molecule has 0 saturated carbocycles. The molecule has 1 unspecified atom stereocenters. The summed E-state index contributed by atoms with van der Waals surface area (Å²) < 4.78 is 5.15. The maximum absolute atomic E-state index is 12.0. The number of likely N-dealkylation sites (tertiary alicyclic amines) is 1. The zero-order valence-electron chi connectivity index (χ0n) is 12.2. The predicted molar refractivity (Wildman–Crippen MR) is 80.9 cm³/mol. The number of carbonyl (C=O) groups is 1. The van der Waals surface area contributed by atoms with E-state index in [4.69, 9.17) is 16.3 Å². The van der Waals surface area contributed by atoms with Crippen molar-refractivity contribution < 1.29 is 9.53 Å². The first kappa shape index (κ1) is 15.3. The van der Waals surface area contributed by atoms with Crippen molar-refractivity contribution in [1.29, 1.82) is 0 Å². The molecule has 0 bridgehead atoms. The highest BCUT2D eigenvalue weighted by Crippen LogP contribution is 2.36. The van der Waals surface area contributed by atoms with Gasteiger partial charge in [-0.15, -0.1) is 0 Å². The smallest absolute Gasteiger partial charge is 0.307 e. The van der Waals surface area contributed by atoms with Crippen LogP contribution in [0.5, 0.6) is 0 Å². The molecule has 1 aromatic carbocycles. The summed E-state index contributed by atoms with van der Waals surface area (Å²) in [6.07, 6.45) is 2.72. The summed E-state index contributed by atoms with van der Waals surface area (Å²) in [4.78, 5) is 14.4. The minimum atomic E-state index is -0.340. The van der Waals surface area contributed by atoms with Gasteiger partial charge in [0.25, 0.3) is 0 Å². The number of carbonyl (C=O) groups excluding carboxylic acids is 1. The molecular weight excluding hydrogens is 274 g/mol. The van der Waals surface area contributed by atoms with Crippen LogP contribution in [0.4, 0.5) is 0 Å². The van der Waals surface area contributed by atoms with Crippen LogP contribution in [0.1, 0.15) is 38.7 Å². The molecule has 1 aromatic rings. The Labute approximate surface area is 125 Å². The molecule has 20 heavy (non-hydrogen) atoms. The molecule has 2 rings (SSSR count). The Hall–Kier alpha value is -1.06. The molecule has 1 fully saturated rings. The van der Waals surface area contributed by atoms with Crippen LogP contribution >= 0.6 is 11.6 Å². The van der Waals surface area contributed by atoms with Crippen molar-refractivity contribution in [3.05, 3.63) is 34.9 Å². The van der Waals surface area contributed by atoms with Crippen LogP contribution in [-0.2, 0) is 15.1 Å². The normalized spacial score (nSPS) is 18.8. The lowest BCUT2D eigenvalue weighted by molar-refractivity contribution is -0.146. The molecular formula is C16H22ClNO2. The van der Waals surface area contributed by atoms with Gasteiger partial charge in [-0.05, 0) is 57.5 Å². The fraction of sp³-hybridized carbons (Fsp3) is 0.562. The summed E-state index contributed by atoms with van der Waals surface area (Å²) in [5, 5.41) is 0.705. The van der Waals surface area contributed by atoms with Gasteiger partial charge in [-0.3, -0.25) is 9.69 Å². The molecule has 0 N–H and O–H groups in total. The number of ether oxygens (including phenoxy) is 1. The van der Waals surface area contributed by atoms with E-state index in [9.17, 15) is 4.79 Å². The molecule has 0 spiro atoms. The van der Waals surface area contributed by atoms with Gasteiger partial charge in [0.2, 0.25) is 0 Å². The number of rotatable bonds is 5. The molecule has 1 aliphatic heterocycles. The second-order valence-corrected chi connectivity index (χ2v) is 5.90. The summed E-state index contributed by atoms with van der Waals surface area (Å²) in [6, 6.07) is 7.81. The topological polar surface area (TPSA) is 29.5 Å². The molecule has 1 saturated heterocycles. The lowest BCUT2D eigenvalue weighted by Gasteiger charge is -2.38. The van der Waals surface area contributed by atoms with Crippen molar-refractivity contribution in [3.63, 3.8) is 0 Å². The first-order valence-corrected chi connectivity index (χ1v) is 7.61. The van der Waals surface area contributed by atoms with Crippen molar-refractivity contribution in [3.8, 4) is 0 Å². The maximum Gasteiger partial charge on any atom is 0.307 e. The molecule has 0 radical (unpaired) electrons. The standard InChI is InChI=1S/C16H22ClNO2/c1-3-20-15(19)12-16(2,18-9-4-5-10-18)13-7-6-8-14(17)11-13/h6-8,11H,3-5,9-10,12H2,1-2H3. The third kappa shape index (κ3) is 3.33. The highest BCUT2D eigenvalue weighted by atomic mass is 35.5. The number of benzene rings is 1. The average molecular weight is 296 g/mol. The SMILES string of the molecule is CCOC(=O)CC(C)(c1cccc(Cl)c1)N1CCCC1. The predicted octanol–water partition coefficient (Wildman–Crippen LogP) is 3.60. The monoisotopic (exact) mass is 295 g/mol. The molecule has 110 valence electrons. The fourth-order valence-electron chi connectivity index (χ4n) is 2.92. The van der Waals surface area contributed by atoms with E-state index in [1.165, 1.54) is 12.8 Å². The van der Waals surface area contributed by atoms with Crippen LogP contribution in [0.3, 0.4) is 0 Å². The van der Waals surface area contributed by atoms with E-state index >= 15 is 0 Å². The molecule has 1 heterocycles. The van der Waals surface area contributed by atoms with Crippen molar-refractivity contribution in [1.82, 2.24) is 4.90 Å². The van der Waals surface area contributed by atoms with Crippen molar-refractivity contribution in [2.24, 2.45) is 0 Å². The van der Waals surface area contributed by atoms with Gasteiger partial charge in [-0.2, -0.15) is 0 Å². The number of hydrogen-bond acceptors (Lipinski definition) is 3. The summed E-state index contributed by atoms with van der Waals surface area (Å²) in [7, 11) is 0. The number of halogens is 1. The van der Waals surface area contributed by atoms with E-state index < -0.39 is 0 Å². The third-order valence-corrected chi connectivity index (χ3v) is 4.28. The fourth-order valence-corrected chi connectivity index (χ4v) is 3.11. The Morgan fingerprint density at radius 2 is 2.10 bits per heavy atom. The first-order chi connectivity index (χ1) is 9.56. The number of esters is 1. The van der Waals surface area contributed by atoms with Gasteiger partial charge in [0.15, 0.2) is 0 Å². The van der Waals surface area contributed by atoms with E-state index in [0.29, 0.717) is 18.1 Å². The summed E-state index contributed by atoms with van der Waals surface area (Å²) >= 11 is 6.12. The van der Waals surface area contributed by atoms with E-state index in [0.717, 1.165) is 18.7 Å². The summed E-state index contributed by atoms with van der Waals surface area (Å²) in [5.74, 6) is -0.151. The van der Waals surface area contributed by atoms with Gasteiger partial charge in [-0.1, -0.05) is 23.7 Å². The zero-order valence-corrected chi connectivity index (χ0v) is 12.9. The van der Waals surface area contributed by atoms with E-state index in [2.05, 4.69) is 11.8 Å². The largest absolute Gasteiger partial charge is 0.466 e. The van der Waals surface area contributed by atoms with E-state index in [1.807, 2.05) is 31.2 Å². The second kappa shape index (κ2) is 6.59. The highest BCUT2D eigenvalue weighted by molar-refractivity contribution is 6.30. The Balaban J connectivity index is 2.30.